The van der Waals surface area contributed by atoms with Gasteiger partial charge < -0.3 is 40.3 Å². The van der Waals surface area contributed by atoms with Crippen molar-refractivity contribution >= 4 is 27.6 Å². The van der Waals surface area contributed by atoms with Gasteiger partial charge in [-0.1, -0.05) is 0 Å². The van der Waals surface area contributed by atoms with Crippen LogP contribution in [0.4, 0.5) is 11.6 Å². The van der Waals surface area contributed by atoms with Crippen LogP contribution in [0.25, 0.3) is 0 Å². The SMILES string of the molecule is CC1(C)OCC(CO)O1.CC1(C)OCC(COc2cnc(N)cn2)O1.Nc1cnc(Br)cn1. The Kier molecular flexibility index (Phi) is 10.1. The Morgan fingerprint density at radius 2 is 1.45 bits per heavy atom. The van der Waals surface area contributed by atoms with Gasteiger partial charge in [0.2, 0.25) is 5.88 Å². The first kappa shape index (κ1) is 27.1. The summed E-state index contributed by atoms with van der Waals surface area (Å²) in [5.41, 5.74) is 10.6. The molecule has 5 N–H and O–H groups in total. The van der Waals surface area contributed by atoms with E-state index in [-0.39, 0.29) is 18.8 Å². The Hall–Kier alpha value is -2.16. The number of ether oxygens (including phenoxy) is 5. The molecule has 0 radical (unpaired) electrons. The molecule has 12 nitrogen and oxygen atoms in total. The smallest absolute Gasteiger partial charge is 0.232 e. The molecule has 0 spiro atoms. The molecule has 0 aliphatic carbocycles. The zero-order valence-corrected chi connectivity index (χ0v) is 20.7. The number of hydrogen-bond donors (Lipinski definition) is 3. The minimum absolute atomic E-state index is 0.0451. The van der Waals surface area contributed by atoms with Crippen LogP contribution in [0.2, 0.25) is 0 Å². The minimum atomic E-state index is -0.527. The maximum absolute atomic E-state index is 8.59. The highest BCUT2D eigenvalue weighted by atomic mass is 79.9. The van der Waals surface area contributed by atoms with Crippen molar-refractivity contribution in [2.75, 3.05) is 37.9 Å². The highest BCUT2D eigenvalue weighted by Crippen LogP contribution is 2.23. The van der Waals surface area contributed by atoms with E-state index in [2.05, 4.69) is 35.9 Å². The lowest BCUT2D eigenvalue weighted by atomic mass is 10.4. The van der Waals surface area contributed by atoms with Crippen molar-refractivity contribution in [1.82, 2.24) is 19.9 Å². The molecular weight excluding hydrogens is 500 g/mol. The Labute approximate surface area is 201 Å². The molecule has 0 saturated carbocycles. The summed E-state index contributed by atoms with van der Waals surface area (Å²) in [5.74, 6) is 0.221. The number of aliphatic hydroxyl groups excluding tert-OH is 1. The maximum atomic E-state index is 8.59. The molecule has 2 atom stereocenters. The quantitative estimate of drug-likeness (QED) is 0.521. The highest BCUT2D eigenvalue weighted by molar-refractivity contribution is 9.10. The van der Waals surface area contributed by atoms with Crippen molar-refractivity contribution in [2.45, 2.75) is 51.5 Å². The summed E-state index contributed by atoms with van der Waals surface area (Å²) in [5, 5.41) is 8.59. The van der Waals surface area contributed by atoms with Gasteiger partial charge in [0.05, 0.1) is 44.6 Å². The Morgan fingerprint density at radius 1 is 0.909 bits per heavy atom. The van der Waals surface area contributed by atoms with Gasteiger partial charge in [-0.05, 0) is 43.6 Å². The summed E-state index contributed by atoms with van der Waals surface area (Å²) in [7, 11) is 0. The molecule has 0 amide bonds. The van der Waals surface area contributed by atoms with Crippen molar-refractivity contribution in [1.29, 1.82) is 0 Å². The third-order valence-electron chi connectivity index (χ3n) is 4.04. The predicted octanol–water partition coefficient (Wildman–Crippen LogP) is 1.54. The summed E-state index contributed by atoms with van der Waals surface area (Å²) in [4.78, 5) is 15.4. The van der Waals surface area contributed by atoms with Gasteiger partial charge in [0, 0.05) is 0 Å². The standard InChI is InChI=1S/C10H15N3O3.C6H12O3.C4H4BrN3/c1-10(2)15-6-7(16-10)5-14-9-4-12-8(11)3-13-9;1-6(2)8-4-5(3-7)9-6;5-3-1-8-4(6)2-7-3/h3-4,7H,5-6H2,1-2H3,(H2,11,12);5,7H,3-4H2,1-2H3;1-2H,(H2,6,8). The van der Waals surface area contributed by atoms with Crippen molar-refractivity contribution < 1.29 is 28.8 Å². The number of nitrogen functional groups attached to an aromatic ring is 2. The van der Waals surface area contributed by atoms with E-state index in [1.54, 1.807) is 6.20 Å². The number of aliphatic hydroxyl groups is 1. The lowest BCUT2D eigenvalue weighted by Gasteiger charge is -2.17. The number of nitrogens with two attached hydrogens (primary N) is 2. The van der Waals surface area contributed by atoms with Crippen LogP contribution in [0.15, 0.2) is 29.4 Å². The normalized spacial score (nSPS) is 22.5. The topological polar surface area (TPSA) is 170 Å². The van der Waals surface area contributed by atoms with Crippen molar-refractivity contribution in [3.63, 3.8) is 0 Å². The first-order chi connectivity index (χ1) is 15.5. The summed E-state index contributed by atoms with van der Waals surface area (Å²) < 4.78 is 27.5. The van der Waals surface area contributed by atoms with Crippen LogP contribution in [0.3, 0.4) is 0 Å². The average Bonchev–Trinajstić information content (AvgIpc) is 3.31. The Bertz CT molecular complexity index is 819. The van der Waals surface area contributed by atoms with Crippen LogP contribution >= 0.6 is 15.9 Å². The van der Waals surface area contributed by atoms with Crippen LogP contribution < -0.4 is 16.2 Å². The van der Waals surface area contributed by atoms with Crippen LogP contribution in [-0.4, -0.2) is 75.3 Å². The molecule has 0 bridgehead atoms. The summed E-state index contributed by atoms with van der Waals surface area (Å²) >= 11 is 3.12. The summed E-state index contributed by atoms with van der Waals surface area (Å²) in [6.45, 7) is 8.88. The largest absolute Gasteiger partial charge is 0.474 e. The van der Waals surface area contributed by atoms with Crippen molar-refractivity contribution in [3.8, 4) is 5.88 Å². The van der Waals surface area contributed by atoms with Gasteiger partial charge in [0.15, 0.2) is 11.6 Å². The van der Waals surface area contributed by atoms with Gasteiger partial charge >= 0.3 is 0 Å². The molecule has 33 heavy (non-hydrogen) atoms. The molecule has 4 rings (SSSR count). The van der Waals surface area contributed by atoms with Gasteiger partial charge in [-0.2, -0.15) is 0 Å². The van der Waals surface area contributed by atoms with E-state index in [0.717, 1.165) is 0 Å². The molecule has 13 heteroatoms. The van der Waals surface area contributed by atoms with Gasteiger partial charge in [-0.15, -0.1) is 0 Å². The molecule has 2 aromatic heterocycles. The van der Waals surface area contributed by atoms with Crippen LogP contribution in [-0.2, 0) is 18.9 Å². The second-order valence-electron chi connectivity index (χ2n) is 7.94. The maximum Gasteiger partial charge on any atom is 0.232 e. The molecule has 4 heterocycles. The van der Waals surface area contributed by atoms with Crippen LogP contribution in [0.1, 0.15) is 27.7 Å². The van der Waals surface area contributed by atoms with Gasteiger partial charge in [0.1, 0.15) is 35.1 Å². The summed E-state index contributed by atoms with van der Waals surface area (Å²) in [6, 6.07) is 0. The van der Waals surface area contributed by atoms with Crippen LogP contribution in [0, 0.1) is 0 Å². The van der Waals surface area contributed by atoms with E-state index < -0.39 is 11.6 Å². The molecule has 184 valence electrons. The van der Waals surface area contributed by atoms with Crippen molar-refractivity contribution in [2.24, 2.45) is 0 Å². The Balaban J connectivity index is 0.000000192. The summed E-state index contributed by atoms with van der Waals surface area (Å²) in [6.07, 6.45) is 5.77. The first-order valence-corrected chi connectivity index (χ1v) is 10.9. The number of aromatic nitrogens is 4. The predicted molar refractivity (Wildman–Crippen MR) is 123 cm³/mol. The molecule has 2 unspecified atom stereocenters. The highest BCUT2D eigenvalue weighted by Gasteiger charge is 2.33. The molecule has 2 saturated heterocycles. The number of rotatable bonds is 4. The molecular formula is C20H31BrN6O6. The van der Waals surface area contributed by atoms with Gasteiger partial charge in [0.25, 0.3) is 0 Å². The number of hydrogen-bond acceptors (Lipinski definition) is 12. The van der Waals surface area contributed by atoms with E-state index in [1.165, 1.54) is 18.6 Å². The fourth-order valence-electron chi connectivity index (χ4n) is 2.60. The zero-order valence-electron chi connectivity index (χ0n) is 19.1. The van der Waals surface area contributed by atoms with Gasteiger partial charge in [-0.25, -0.2) is 19.9 Å². The fourth-order valence-corrected chi connectivity index (χ4v) is 2.80. The lowest BCUT2D eigenvalue weighted by molar-refractivity contribution is -0.142. The first-order valence-electron chi connectivity index (χ1n) is 10.2. The van der Waals surface area contributed by atoms with Crippen LogP contribution in [0.5, 0.6) is 5.88 Å². The molecule has 2 fully saturated rings. The minimum Gasteiger partial charge on any atom is -0.474 e. The molecule has 2 aliphatic rings. The number of nitrogens with zero attached hydrogens (tertiary/aromatic N) is 4. The molecule has 0 aromatic carbocycles. The van der Waals surface area contributed by atoms with E-state index in [4.69, 9.17) is 40.3 Å². The van der Waals surface area contributed by atoms with E-state index >= 15 is 0 Å². The molecule has 2 aromatic rings. The van der Waals surface area contributed by atoms with Crippen molar-refractivity contribution in [3.05, 3.63) is 29.4 Å². The van der Waals surface area contributed by atoms with E-state index in [1.807, 2.05) is 27.7 Å². The Morgan fingerprint density at radius 3 is 1.82 bits per heavy atom. The average molecular weight is 531 g/mol. The second-order valence-corrected chi connectivity index (χ2v) is 8.75. The second kappa shape index (κ2) is 12.3. The third-order valence-corrected chi connectivity index (χ3v) is 4.45. The number of anilines is 2. The van der Waals surface area contributed by atoms with E-state index in [9.17, 15) is 0 Å². The molecule has 2 aliphatic heterocycles. The lowest BCUT2D eigenvalue weighted by Crippen LogP contribution is -2.25. The van der Waals surface area contributed by atoms with E-state index in [0.29, 0.717) is 41.9 Å². The monoisotopic (exact) mass is 530 g/mol. The number of halogens is 1. The zero-order chi connectivity index (χ0) is 24.5. The van der Waals surface area contributed by atoms with Gasteiger partial charge in [-0.3, -0.25) is 0 Å². The fraction of sp³-hybridized carbons (Fsp3) is 0.600. The third kappa shape index (κ3) is 10.5.